The van der Waals surface area contributed by atoms with Gasteiger partial charge in [0.2, 0.25) is 0 Å². The number of carbonyl (C=O) groups is 1. The van der Waals surface area contributed by atoms with E-state index in [4.69, 9.17) is 5.73 Å². The van der Waals surface area contributed by atoms with E-state index in [-0.39, 0.29) is 5.91 Å². The summed E-state index contributed by atoms with van der Waals surface area (Å²) >= 11 is 1.72. The number of nitrogens with zero attached hydrogens (tertiary/aromatic N) is 1. The van der Waals surface area contributed by atoms with Gasteiger partial charge in [-0.1, -0.05) is 12.1 Å². The van der Waals surface area contributed by atoms with Crippen LogP contribution in [0.4, 0.5) is 5.69 Å². The van der Waals surface area contributed by atoms with Crippen LogP contribution in [0.2, 0.25) is 0 Å². The molecule has 0 aliphatic heterocycles. The Bertz CT molecular complexity index is 605. The van der Waals surface area contributed by atoms with Crippen molar-refractivity contribution in [3.05, 3.63) is 51.2 Å². The molecule has 4 heteroatoms. The summed E-state index contributed by atoms with van der Waals surface area (Å²) in [6.45, 7) is 4.62. The number of anilines is 1. The van der Waals surface area contributed by atoms with Crippen LogP contribution in [-0.4, -0.2) is 24.4 Å². The van der Waals surface area contributed by atoms with Crippen LogP contribution in [0.15, 0.2) is 29.6 Å². The van der Waals surface area contributed by atoms with E-state index in [0.29, 0.717) is 17.8 Å². The molecule has 1 amide bonds. The smallest absolute Gasteiger partial charge is 0.253 e. The maximum Gasteiger partial charge on any atom is 0.253 e. The minimum atomic E-state index is 0.0331. The van der Waals surface area contributed by atoms with Crippen molar-refractivity contribution in [3.63, 3.8) is 0 Å². The predicted octanol–water partition coefficient (Wildman–Crippen LogP) is 3.26. The maximum atomic E-state index is 12.5. The number of thiophene rings is 1. The van der Waals surface area contributed by atoms with Gasteiger partial charge in [0.25, 0.3) is 5.91 Å². The average molecular weight is 288 g/mol. The maximum absolute atomic E-state index is 12.5. The molecule has 2 rings (SSSR count). The summed E-state index contributed by atoms with van der Waals surface area (Å²) < 4.78 is 0. The fraction of sp³-hybridized carbons (Fsp3) is 0.312. The Morgan fingerprint density at radius 2 is 2.05 bits per heavy atom. The molecule has 20 heavy (non-hydrogen) atoms. The zero-order valence-electron chi connectivity index (χ0n) is 12.1. The second kappa shape index (κ2) is 6.09. The normalized spacial score (nSPS) is 10.6. The first-order chi connectivity index (χ1) is 9.49. The molecule has 0 atom stereocenters. The number of nitrogens with two attached hydrogens (primary N) is 1. The van der Waals surface area contributed by atoms with Crippen LogP contribution in [0.25, 0.3) is 0 Å². The Morgan fingerprint density at radius 1 is 1.30 bits per heavy atom. The third kappa shape index (κ3) is 3.20. The number of rotatable bonds is 4. The molecular formula is C16H20N2OS. The molecule has 0 unspecified atom stereocenters. The molecule has 2 aromatic rings. The lowest BCUT2D eigenvalue weighted by molar-refractivity contribution is 0.0796. The summed E-state index contributed by atoms with van der Waals surface area (Å²) in [5.74, 6) is 0.0331. The lowest BCUT2D eigenvalue weighted by atomic mass is 10.0. The Hall–Kier alpha value is -1.81. The van der Waals surface area contributed by atoms with Gasteiger partial charge in [-0.15, -0.1) is 11.3 Å². The van der Waals surface area contributed by atoms with Crippen molar-refractivity contribution < 1.29 is 4.79 Å². The standard InChI is InChI=1S/C16H20N2OS/c1-11-9-12(2)15(17)10-14(11)16(19)18(3)7-6-13-5-4-8-20-13/h4-5,8-10H,6-7,17H2,1-3H3. The number of amides is 1. The van der Waals surface area contributed by atoms with Crippen molar-refractivity contribution in [3.8, 4) is 0 Å². The molecule has 0 radical (unpaired) electrons. The van der Waals surface area contributed by atoms with Crippen LogP contribution in [0, 0.1) is 13.8 Å². The summed E-state index contributed by atoms with van der Waals surface area (Å²) in [6, 6.07) is 7.88. The van der Waals surface area contributed by atoms with E-state index in [9.17, 15) is 4.79 Å². The minimum Gasteiger partial charge on any atom is -0.398 e. The molecular weight excluding hydrogens is 268 g/mol. The van der Waals surface area contributed by atoms with Crippen LogP contribution < -0.4 is 5.73 Å². The van der Waals surface area contributed by atoms with E-state index in [1.165, 1.54) is 4.88 Å². The molecule has 0 saturated carbocycles. The lowest BCUT2D eigenvalue weighted by Gasteiger charge is -2.19. The van der Waals surface area contributed by atoms with Crippen LogP contribution in [0.3, 0.4) is 0 Å². The number of hydrogen-bond acceptors (Lipinski definition) is 3. The van der Waals surface area contributed by atoms with Gasteiger partial charge in [-0.05, 0) is 48.9 Å². The first kappa shape index (κ1) is 14.6. The minimum absolute atomic E-state index is 0.0331. The van der Waals surface area contributed by atoms with E-state index in [0.717, 1.165) is 17.5 Å². The van der Waals surface area contributed by atoms with Crippen molar-refractivity contribution in [2.45, 2.75) is 20.3 Å². The van der Waals surface area contributed by atoms with Crippen molar-refractivity contribution >= 4 is 22.9 Å². The van der Waals surface area contributed by atoms with E-state index < -0.39 is 0 Å². The van der Waals surface area contributed by atoms with Crippen molar-refractivity contribution in [2.75, 3.05) is 19.3 Å². The second-order valence-corrected chi connectivity index (χ2v) is 6.11. The molecule has 3 nitrogen and oxygen atoms in total. The summed E-state index contributed by atoms with van der Waals surface area (Å²) in [5.41, 5.74) is 9.27. The van der Waals surface area contributed by atoms with Gasteiger partial charge in [0.1, 0.15) is 0 Å². The number of hydrogen-bond donors (Lipinski definition) is 1. The number of likely N-dealkylation sites (N-methyl/N-ethyl adjacent to an activating group) is 1. The van der Waals surface area contributed by atoms with Crippen LogP contribution >= 0.6 is 11.3 Å². The summed E-state index contributed by atoms with van der Waals surface area (Å²) in [5, 5.41) is 2.06. The van der Waals surface area contributed by atoms with Crippen LogP contribution in [0.5, 0.6) is 0 Å². The largest absolute Gasteiger partial charge is 0.398 e. The molecule has 0 bridgehead atoms. The van der Waals surface area contributed by atoms with E-state index >= 15 is 0 Å². The van der Waals surface area contributed by atoms with E-state index in [2.05, 4.69) is 11.4 Å². The highest BCUT2D eigenvalue weighted by molar-refractivity contribution is 7.09. The number of benzene rings is 1. The molecule has 0 saturated heterocycles. The van der Waals surface area contributed by atoms with Crippen molar-refractivity contribution in [2.24, 2.45) is 0 Å². The Morgan fingerprint density at radius 3 is 2.70 bits per heavy atom. The molecule has 0 aliphatic rings. The topological polar surface area (TPSA) is 46.3 Å². The molecule has 0 spiro atoms. The molecule has 106 valence electrons. The van der Waals surface area contributed by atoms with Gasteiger partial charge in [0.15, 0.2) is 0 Å². The highest BCUT2D eigenvalue weighted by atomic mass is 32.1. The lowest BCUT2D eigenvalue weighted by Crippen LogP contribution is -2.29. The Kier molecular flexibility index (Phi) is 4.45. The monoisotopic (exact) mass is 288 g/mol. The highest BCUT2D eigenvalue weighted by Crippen LogP contribution is 2.19. The van der Waals surface area contributed by atoms with Gasteiger partial charge in [-0.3, -0.25) is 4.79 Å². The summed E-state index contributed by atoms with van der Waals surface area (Å²) in [4.78, 5) is 15.5. The predicted molar refractivity (Wildman–Crippen MR) is 85.3 cm³/mol. The zero-order valence-corrected chi connectivity index (χ0v) is 13.0. The third-order valence-electron chi connectivity index (χ3n) is 3.46. The third-order valence-corrected chi connectivity index (χ3v) is 4.40. The fourth-order valence-electron chi connectivity index (χ4n) is 2.14. The number of aryl methyl sites for hydroxylation is 2. The van der Waals surface area contributed by atoms with Crippen molar-refractivity contribution in [1.82, 2.24) is 4.90 Å². The molecule has 1 aromatic carbocycles. The SMILES string of the molecule is Cc1cc(C)c(C(=O)N(C)CCc2cccs2)cc1N. The fourth-order valence-corrected chi connectivity index (χ4v) is 2.84. The average Bonchev–Trinajstić information content (AvgIpc) is 2.92. The van der Waals surface area contributed by atoms with E-state index in [1.807, 2.05) is 33.0 Å². The molecule has 2 N–H and O–H groups in total. The summed E-state index contributed by atoms with van der Waals surface area (Å²) in [7, 11) is 1.84. The summed E-state index contributed by atoms with van der Waals surface area (Å²) in [6.07, 6.45) is 0.889. The van der Waals surface area contributed by atoms with Crippen LogP contribution in [-0.2, 0) is 6.42 Å². The zero-order chi connectivity index (χ0) is 14.7. The number of nitrogen functional groups attached to an aromatic ring is 1. The number of carbonyl (C=O) groups excluding carboxylic acids is 1. The first-order valence-electron chi connectivity index (χ1n) is 6.63. The first-order valence-corrected chi connectivity index (χ1v) is 7.51. The Labute approximate surface area is 124 Å². The van der Waals surface area contributed by atoms with Crippen molar-refractivity contribution in [1.29, 1.82) is 0 Å². The van der Waals surface area contributed by atoms with Crippen LogP contribution in [0.1, 0.15) is 26.4 Å². The van der Waals surface area contributed by atoms with Gasteiger partial charge in [-0.25, -0.2) is 0 Å². The molecule has 1 heterocycles. The van der Waals surface area contributed by atoms with Gasteiger partial charge in [0.05, 0.1) is 0 Å². The molecule has 0 fully saturated rings. The van der Waals surface area contributed by atoms with E-state index in [1.54, 1.807) is 22.3 Å². The van der Waals surface area contributed by atoms with Gasteiger partial charge in [0, 0.05) is 29.7 Å². The second-order valence-electron chi connectivity index (χ2n) is 5.08. The Balaban J connectivity index is 2.08. The molecule has 1 aromatic heterocycles. The van der Waals surface area contributed by atoms with Gasteiger partial charge in [-0.2, -0.15) is 0 Å². The van der Waals surface area contributed by atoms with Gasteiger partial charge < -0.3 is 10.6 Å². The van der Waals surface area contributed by atoms with Gasteiger partial charge >= 0.3 is 0 Å². The quantitative estimate of drug-likeness (QED) is 0.878. The molecule has 0 aliphatic carbocycles. The highest BCUT2D eigenvalue weighted by Gasteiger charge is 2.15.